The van der Waals surface area contributed by atoms with Gasteiger partial charge in [-0.2, -0.15) is 0 Å². The number of aryl methyl sites for hydroxylation is 1. The topological polar surface area (TPSA) is 76.4 Å². The number of hydrogen-bond donors (Lipinski definition) is 0. The van der Waals surface area contributed by atoms with Crippen LogP contribution in [0.25, 0.3) is 10.2 Å². The van der Waals surface area contributed by atoms with Crippen LogP contribution >= 0.6 is 22.9 Å². The van der Waals surface area contributed by atoms with Gasteiger partial charge in [-0.1, -0.05) is 22.9 Å². The second-order valence-corrected chi connectivity index (χ2v) is 8.62. The molecule has 1 aromatic carbocycles. The first-order valence-electron chi connectivity index (χ1n) is 9.51. The maximum Gasteiger partial charge on any atom is 0.298 e. The van der Waals surface area contributed by atoms with Crippen LogP contribution in [0.15, 0.2) is 12.1 Å². The quantitative estimate of drug-likeness (QED) is 0.568. The number of fused-ring (bicyclic) bond motifs is 2. The Kier molecular flexibility index (Phi) is 5.71. The molecule has 2 aromatic heterocycles. The van der Waals surface area contributed by atoms with Gasteiger partial charge in [-0.15, -0.1) is 10.2 Å². The minimum absolute atomic E-state index is 0.182. The van der Waals surface area contributed by atoms with Crippen LogP contribution in [0.4, 0.5) is 5.13 Å². The maximum absolute atomic E-state index is 13.4. The first-order valence-corrected chi connectivity index (χ1v) is 10.7. The number of halogens is 1. The van der Waals surface area contributed by atoms with Gasteiger partial charge in [0.1, 0.15) is 17.1 Å². The van der Waals surface area contributed by atoms with Crippen molar-refractivity contribution in [2.24, 2.45) is 0 Å². The first-order chi connectivity index (χ1) is 14.0. The van der Waals surface area contributed by atoms with Gasteiger partial charge >= 0.3 is 0 Å². The van der Waals surface area contributed by atoms with Crippen LogP contribution in [0.1, 0.15) is 29.3 Å². The van der Waals surface area contributed by atoms with Gasteiger partial charge in [0.05, 0.1) is 16.8 Å². The summed E-state index contributed by atoms with van der Waals surface area (Å²) in [5, 5.41) is 9.54. The molecule has 29 heavy (non-hydrogen) atoms. The number of carbonyl (C=O) groups is 1. The van der Waals surface area contributed by atoms with Crippen LogP contribution in [0, 0.1) is 0 Å². The van der Waals surface area contributed by atoms with Crippen molar-refractivity contribution in [2.45, 2.75) is 25.8 Å². The van der Waals surface area contributed by atoms with E-state index in [1.807, 2.05) is 18.7 Å². The number of benzene rings is 1. The van der Waals surface area contributed by atoms with E-state index in [0.29, 0.717) is 33.8 Å². The van der Waals surface area contributed by atoms with Crippen LogP contribution < -0.4 is 9.64 Å². The molecule has 8 nitrogen and oxygen atoms in total. The fourth-order valence-corrected chi connectivity index (χ4v) is 4.76. The van der Waals surface area contributed by atoms with Gasteiger partial charge < -0.3 is 14.2 Å². The number of amides is 1. The average molecular weight is 435 g/mol. The Morgan fingerprint density at radius 1 is 1.31 bits per heavy atom. The molecule has 0 saturated carbocycles. The zero-order chi connectivity index (χ0) is 20.5. The second kappa shape index (κ2) is 8.25. The molecular formula is C19H23ClN6O2S. The van der Waals surface area contributed by atoms with Gasteiger partial charge in [0.15, 0.2) is 5.13 Å². The standard InChI is InChI=1S/C19H23ClN6O2S/c1-24(2)9-5-11-26(18(27)17-23-22-14-6-4-10-25(14)17)19-21-15-13(28-3)8-7-12(20)16(15)29-19/h7-8H,4-6,9-11H2,1-3H3. The number of carbonyl (C=O) groups excluding carboxylic acids is 1. The third kappa shape index (κ3) is 3.82. The molecule has 1 aliphatic heterocycles. The van der Waals surface area contributed by atoms with E-state index >= 15 is 0 Å². The van der Waals surface area contributed by atoms with E-state index in [9.17, 15) is 4.79 Å². The zero-order valence-electron chi connectivity index (χ0n) is 16.7. The predicted octanol–water partition coefficient (Wildman–Crippen LogP) is 3.09. The van der Waals surface area contributed by atoms with Crippen LogP contribution in [0.2, 0.25) is 5.02 Å². The molecule has 1 amide bonds. The highest BCUT2D eigenvalue weighted by atomic mass is 35.5. The summed E-state index contributed by atoms with van der Waals surface area (Å²) >= 11 is 7.77. The lowest BCUT2D eigenvalue weighted by Gasteiger charge is -2.20. The lowest BCUT2D eigenvalue weighted by Crippen LogP contribution is -2.35. The van der Waals surface area contributed by atoms with Crippen LogP contribution in [0.5, 0.6) is 5.75 Å². The van der Waals surface area contributed by atoms with Crippen molar-refractivity contribution >= 4 is 44.2 Å². The van der Waals surface area contributed by atoms with E-state index < -0.39 is 0 Å². The maximum atomic E-state index is 13.4. The Labute approximate surface area is 178 Å². The van der Waals surface area contributed by atoms with Crippen molar-refractivity contribution in [3.05, 3.63) is 28.8 Å². The molecule has 0 N–H and O–H groups in total. The van der Waals surface area contributed by atoms with Crippen molar-refractivity contribution < 1.29 is 9.53 Å². The zero-order valence-corrected chi connectivity index (χ0v) is 18.3. The number of ether oxygens (including phenoxy) is 1. The summed E-state index contributed by atoms with van der Waals surface area (Å²) in [4.78, 5) is 21.9. The van der Waals surface area contributed by atoms with Crippen molar-refractivity contribution in [1.82, 2.24) is 24.6 Å². The summed E-state index contributed by atoms with van der Waals surface area (Å²) in [6, 6.07) is 3.58. The lowest BCUT2D eigenvalue weighted by atomic mass is 10.3. The molecule has 3 heterocycles. The van der Waals surface area contributed by atoms with Crippen molar-refractivity contribution in [3.63, 3.8) is 0 Å². The average Bonchev–Trinajstić information content (AvgIpc) is 3.40. The highest BCUT2D eigenvalue weighted by Gasteiger charge is 2.29. The minimum atomic E-state index is -0.182. The Morgan fingerprint density at radius 3 is 2.90 bits per heavy atom. The van der Waals surface area contributed by atoms with Crippen LogP contribution in [0.3, 0.4) is 0 Å². The van der Waals surface area contributed by atoms with Crippen molar-refractivity contribution in [1.29, 1.82) is 0 Å². The number of aromatic nitrogens is 4. The molecule has 0 unspecified atom stereocenters. The molecule has 0 saturated heterocycles. The predicted molar refractivity (Wildman–Crippen MR) is 114 cm³/mol. The number of anilines is 1. The SMILES string of the molecule is COc1ccc(Cl)c2sc(N(CCCN(C)C)C(=O)c3nnc4n3CCC4)nc12. The number of thiazole rings is 1. The molecule has 3 aromatic rings. The van der Waals surface area contributed by atoms with Gasteiger partial charge in [0, 0.05) is 19.5 Å². The second-order valence-electron chi connectivity index (χ2n) is 7.23. The molecular weight excluding hydrogens is 412 g/mol. The summed E-state index contributed by atoms with van der Waals surface area (Å²) in [6.07, 6.45) is 2.65. The Balaban J connectivity index is 1.73. The minimum Gasteiger partial charge on any atom is -0.494 e. The number of hydrogen-bond acceptors (Lipinski definition) is 7. The molecule has 0 atom stereocenters. The summed E-state index contributed by atoms with van der Waals surface area (Å²) in [5.41, 5.74) is 0.664. The van der Waals surface area contributed by atoms with Gasteiger partial charge in [-0.25, -0.2) is 4.98 Å². The van der Waals surface area contributed by atoms with E-state index in [-0.39, 0.29) is 5.91 Å². The van der Waals surface area contributed by atoms with E-state index in [4.69, 9.17) is 21.3 Å². The number of methoxy groups -OCH3 is 1. The van der Waals surface area contributed by atoms with E-state index in [2.05, 4.69) is 15.1 Å². The molecule has 10 heteroatoms. The lowest BCUT2D eigenvalue weighted by molar-refractivity contribution is 0.0971. The Morgan fingerprint density at radius 2 is 2.14 bits per heavy atom. The first kappa shape index (κ1) is 20.1. The van der Waals surface area contributed by atoms with Crippen LogP contribution in [-0.2, 0) is 13.0 Å². The smallest absolute Gasteiger partial charge is 0.298 e. The summed E-state index contributed by atoms with van der Waals surface area (Å²) in [6.45, 7) is 2.16. The van der Waals surface area contributed by atoms with E-state index in [0.717, 1.165) is 42.9 Å². The summed E-state index contributed by atoms with van der Waals surface area (Å²) in [7, 11) is 5.63. The monoisotopic (exact) mass is 434 g/mol. The van der Waals surface area contributed by atoms with E-state index in [1.54, 1.807) is 24.1 Å². The third-order valence-electron chi connectivity index (χ3n) is 4.93. The van der Waals surface area contributed by atoms with Gasteiger partial charge in [-0.3, -0.25) is 9.69 Å². The van der Waals surface area contributed by atoms with Gasteiger partial charge in [-0.05, 0) is 45.6 Å². The van der Waals surface area contributed by atoms with E-state index in [1.165, 1.54) is 11.3 Å². The molecule has 0 bridgehead atoms. The largest absolute Gasteiger partial charge is 0.494 e. The molecule has 0 radical (unpaired) electrons. The number of nitrogens with zero attached hydrogens (tertiary/aromatic N) is 6. The van der Waals surface area contributed by atoms with Gasteiger partial charge in [0.2, 0.25) is 5.82 Å². The van der Waals surface area contributed by atoms with Crippen LogP contribution in [-0.4, -0.2) is 64.9 Å². The fourth-order valence-electron chi connectivity index (χ4n) is 3.48. The molecule has 1 aliphatic rings. The van der Waals surface area contributed by atoms with Gasteiger partial charge in [0.25, 0.3) is 5.91 Å². The third-order valence-corrected chi connectivity index (χ3v) is 6.47. The normalized spacial score (nSPS) is 13.3. The molecule has 0 fully saturated rings. The molecule has 4 rings (SSSR count). The highest BCUT2D eigenvalue weighted by Crippen LogP contribution is 2.39. The fraction of sp³-hybridized carbons (Fsp3) is 0.474. The van der Waals surface area contributed by atoms with Crippen molar-refractivity contribution in [3.8, 4) is 5.75 Å². The molecule has 0 spiro atoms. The summed E-state index contributed by atoms with van der Waals surface area (Å²) < 4.78 is 8.15. The summed E-state index contributed by atoms with van der Waals surface area (Å²) in [5.74, 6) is 1.70. The molecule has 154 valence electrons. The van der Waals surface area contributed by atoms with Crippen molar-refractivity contribution in [2.75, 3.05) is 39.2 Å². The molecule has 0 aliphatic carbocycles. The number of rotatable bonds is 7. The Hall–Kier alpha value is -2.23. The Bertz CT molecular complexity index is 1050. The highest BCUT2D eigenvalue weighted by molar-refractivity contribution is 7.23.